The van der Waals surface area contributed by atoms with Crippen molar-refractivity contribution in [2.75, 3.05) is 51.2 Å². The predicted molar refractivity (Wildman–Crippen MR) is 154 cm³/mol. The number of aliphatic hydroxyl groups excluding tert-OH is 1. The molecule has 2 aliphatic rings. The number of fused-ring (bicyclic) bond motifs is 1. The fourth-order valence-electron chi connectivity index (χ4n) is 5.63. The molecule has 5 rings (SSSR count). The summed E-state index contributed by atoms with van der Waals surface area (Å²) in [5, 5.41) is 13.4. The van der Waals surface area contributed by atoms with Crippen molar-refractivity contribution in [2.45, 2.75) is 18.5 Å². The number of carbonyl (C=O) groups is 2. The first-order valence-corrected chi connectivity index (χ1v) is 13.9. The summed E-state index contributed by atoms with van der Waals surface area (Å²) >= 11 is 12.7. The van der Waals surface area contributed by atoms with Gasteiger partial charge in [0.25, 0.3) is 0 Å². The maximum atomic E-state index is 14.1. The van der Waals surface area contributed by atoms with Crippen molar-refractivity contribution >= 4 is 40.7 Å². The standard InChI is InChI=1S/C30H32Cl2N4O3/c31-24-8-4-7-23(17-24)19-30(26-10-9-25(32)18-27(26)33-29(30)39)36(20-22-5-2-1-3-6-22)21-28(38)35-13-11-34(12-14-35)15-16-37/h1-10,17-18,37H,11-16,19-21H2,(H,33,39). The van der Waals surface area contributed by atoms with Gasteiger partial charge in [0.2, 0.25) is 11.8 Å². The molecule has 2 aliphatic heterocycles. The number of benzene rings is 3. The van der Waals surface area contributed by atoms with Crippen LogP contribution in [0.1, 0.15) is 16.7 Å². The first kappa shape index (κ1) is 27.6. The molecule has 9 heteroatoms. The number of aliphatic hydroxyl groups is 1. The van der Waals surface area contributed by atoms with Crippen LogP contribution in [0.15, 0.2) is 72.8 Å². The molecule has 204 valence electrons. The van der Waals surface area contributed by atoms with Gasteiger partial charge in [0.1, 0.15) is 5.54 Å². The number of β-amino-alcohol motifs (C(OH)–C–C–N with tert-alkyl or cyclic N) is 1. The van der Waals surface area contributed by atoms with E-state index >= 15 is 0 Å². The van der Waals surface area contributed by atoms with Crippen LogP contribution in [0.2, 0.25) is 10.0 Å². The minimum absolute atomic E-state index is 0.0322. The van der Waals surface area contributed by atoms with Crippen molar-refractivity contribution in [3.63, 3.8) is 0 Å². The number of anilines is 1. The van der Waals surface area contributed by atoms with E-state index in [1.807, 2.05) is 70.5 Å². The third-order valence-corrected chi connectivity index (χ3v) is 8.09. The lowest BCUT2D eigenvalue weighted by Gasteiger charge is -2.41. The topological polar surface area (TPSA) is 76.1 Å². The zero-order valence-corrected chi connectivity index (χ0v) is 23.2. The lowest BCUT2D eigenvalue weighted by Crippen LogP contribution is -2.57. The summed E-state index contributed by atoms with van der Waals surface area (Å²) in [4.78, 5) is 33.9. The summed E-state index contributed by atoms with van der Waals surface area (Å²) in [6.45, 7) is 3.74. The van der Waals surface area contributed by atoms with Gasteiger partial charge in [-0.15, -0.1) is 0 Å². The van der Waals surface area contributed by atoms with Crippen LogP contribution in [0, 0.1) is 0 Å². The lowest BCUT2D eigenvalue weighted by molar-refractivity contribution is -0.139. The summed E-state index contributed by atoms with van der Waals surface area (Å²) < 4.78 is 0. The van der Waals surface area contributed by atoms with E-state index in [-0.39, 0.29) is 25.0 Å². The van der Waals surface area contributed by atoms with Gasteiger partial charge < -0.3 is 15.3 Å². The van der Waals surface area contributed by atoms with Crippen molar-refractivity contribution in [2.24, 2.45) is 0 Å². The number of hydrogen-bond acceptors (Lipinski definition) is 5. The van der Waals surface area contributed by atoms with Gasteiger partial charge in [-0.1, -0.05) is 71.7 Å². The molecule has 3 aromatic rings. The normalized spacial score (nSPS) is 19.3. The summed E-state index contributed by atoms with van der Waals surface area (Å²) in [7, 11) is 0. The van der Waals surface area contributed by atoms with Gasteiger partial charge in [-0.2, -0.15) is 0 Å². The zero-order chi connectivity index (χ0) is 27.4. The van der Waals surface area contributed by atoms with Crippen molar-refractivity contribution in [3.05, 3.63) is 99.5 Å². The largest absolute Gasteiger partial charge is 0.395 e. The van der Waals surface area contributed by atoms with Gasteiger partial charge in [0.05, 0.1) is 13.2 Å². The van der Waals surface area contributed by atoms with Crippen LogP contribution in [0.4, 0.5) is 5.69 Å². The molecule has 0 aromatic heterocycles. The molecule has 2 amide bonds. The number of nitrogens with one attached hydrogen (secondary N) is 1. The Hall–Kier alpha value is -2.94. The fraction of sp³-hybridized carbons (Fsp3) is 0.333. The number of rotatable bonds is 9. The van der Waals surface area contributed by atoms with E-state index in [1.54, 1.807) is 12.1 Å². The zero-order valence-electron chi connectivity index (χ0n) is 21.7. The molecule has 1 fully saturated rings. The van der Waals surface area contributed by atoms with Gasteiger partial charge >= 0.3 is 0 Å². The molecular weight excluding hydrogens is 535 g/mol. The van der Waals surface area contributed by atoms with Crippen LogP contribution in [-0.4, -0.2) is 77.5 Å². The second kappa shape index (κ2) is 12.1. The molecule has 2 N–H and O–H groups in total. The molecule has 0 aliphatic carbocycles. The molecule has 0 radical (unpaired) electrons. The van der Waals surface area contributed by atoms with E-state index < -0.39 is 5.54 Å². The Balaban J connectivity index is 1.54. The maximum absolute atomic E-state index is 14.1. The van der Waals surface area contributed by atoms with Crippen molar-refractivity contribution < 1.29 is 14.7 Å². The van der Waals surface area contributed by atoms with Gasteiger partial charge in [0.15, 0.2) is 0 Å². The van der Waals surface area contributed by atoms with Gasteiger partial charge in [0, 0.05) is 67.0 Å². The SMILES string of the molecule is O=C(CN(Cc1ccccc1)C1(Cc2cccc(Cl)c2)C(=O)Nc2cc(Cl)ccc21)N1CCN(CCO)CC1. The molecule has 7 nitrogen and oxygen atoms in total. The van der Waals surface area contributed by atoms with Crippen molar-refractivity contribution in [1.82, 2.24) is 14.7 Å². The summed E-state index contributed by atoms with van der Waals surface area (Å²) in [5.41, 5.74) is 2.17. The third-order valence-electron chi connectivity index (χ3n) is 7.62. The van der Waals surface area contributed by atoms with Crippen molar-refractivity contribution in [1.29, 1.82) is 0 Å². The van der Waals surface area contributed by atoms with Crippen LogP contribution < -0.4 is 5.32 Å². The Bertz CT molecular complexity index is 1330. The lowest BCUT2D eigenvalue weighted by atomic mass is 9.82. The minimum atomic E-state index is -1.16. The molecule has 3 aromatic carbocycles. The second-order valence-corrected chi connectivity index (χ2v) is 11.0. The first-order valence-electron chi connectivity index (χ1n) is 13.1. The second-order valence-electron chi connectivity index (χ2n) is 10.1. The molecule has 0 bridgehead atoms. The van der Waals surface area contributed by atoms with E-state index in [1.165, 1.54) is 0 Å². The molecule has 2 heterocycles. The van der Waals surface area contributed by atoms with Crippen LogP contribution in [0.25, 0.3) is 0 Å². The quantitative estimate of drug-likeness (QED) is 0.409. The van der Waals surface area contributed by atoms with Crippen LogP contribution in [0.3, 0.4) is 0 Å². The summed E-state index contributed by atoms with van der Waals surface area (Å²) in [5.74, 6) is -0.230. The Labute approximate surface area is 238 Å². The van der Waals surface area contributed by atoms with Gasteiger partial charge in [-0.25, -0.2) is 0 Å². The number of halogens is 2. The van der Waals surface area contributed by atoms with Crippen LogP contribution in [-0.2, 0) is 28.1 Å². The van der Waals surface area contributed by atoms with E-state index in [0.717, 1.165) is 16.7 Å². The monoisotopic (exact) mass is 566 g/mol. The molecule has 1 saturated heterocycles. The predicted octanol–water partition coefficient (Wildman–Crippen LogP) is 4.02. The molecule has 1 atom stereocenters. The highest BCUT2D eigenvalue weighted by molar-refractivity contribution is 6.31. The third kappa shape index (κ3) is 5.98. The minimum Gasteiger partial charge on any atom is -0.395 e. The molecule has 39 heavy (non-hydrogen) atoms. The highest BCUT2D eigenvalue weighted by Gasteiger charge is 2.52. The van der Waals surface area contributed by atoms with E-state index in [2.05, 4.69) is 10.2 Å². The van der Waals surface area contributed by atoms with Crippen LogP contribution in [0.5, 0.6) is 0 Å². The van der Waals surface area contributed by atoms with Gasteiger partial charge in [-0.3, -0.25) is 19.4 Å². The Morgan fingerprint density at radius 3 is 2.36 bits per heavy atom. The number of amides is 2. The van der Waals surface area contributed by atoms with Crippen LogP contribution >= 0.6 is 23.2 Å². The molecular formula is C30H32Cl2N4O3. The maximum Gasteiger partial charge on any atom is 0.249 e. The highest BCUT2D eigenvalue weighted by Crippen LogP contribution is 2.45. The Morgan fingerprint density at radius 2 is 1.64 bits per heavy atom. The summed E-state index contributed by atoms with van der Waals surface area (Å²) in [6.07, 6.45) is 0.332. The Kier molecular flexibility index (Phi) is 8.54. The Morgan fingerprint density at radius 1 is 0.923 bits per heavy atom. The van der Waals surface area contributed by atoms with E-state index in [4.69, 9.17) is 23.2 Å². The number of carbonyl (C=O) groups excluding carboxylic acids is 2. The molecule has 0 saturated carbocycles. The van der Waals surface area contributed by atoms with Crippen molar-refractivity contribution in [3.8, 4) is 0 Å². The van der Waals surface area contributed by atoms with Gasteiger partial charge in [-0.05, 0) is 35.4 Å². The molecule has 1 unspecified atom stereocenters. The average molecular weight is 568 g/mol. The highest BCUT2D eigenvalue weighted by atomic mass is 35.5. The number of nitrogens with zero attached hydrogens (tertiary/aromatic N) is 3. The smallest absolute Gasteiger partial charge is 0.249 e. The van der Waals surface area contributed by atoms with E-state index in [9.17, 15) is 14.7 Å². The fourth-order valence-corrected chi connectivity index (χ4v) is 6.01. The average Bonchev–Trinajstić information content (AvgIpc) is 3.20. The number of hydrogen-bond donors (Lipinski definition) is 2. The van der Waals surface area contributed by atoms with E-state index in [0.29, 0.717) is 61.4 Å². The first-order chi connectivity index (χ1) is 18.9. The number of piperazine rings is 1. The molecule has 0 spiro atoms. The summed E-state index contributed by atoms with van der Waals surface area (Å²) in [6, 6.07) is 22.8.